The van der Waals surface area contributed by atoms with Gasteiger partial charge in [0.1, 0.15) is 0 Å². The number of hydrogen-bond donors (Lipinski definition) is 0. The smallest absolute Gasteiger partial charge is 0.251 e. The Morgan fingerprint density at radius 1 is 1.40 bits per heavy atom. The molecule has 0 unspecified atom stereocenters. The zero-order valence-electron chi connectivity index (χ0n) is 5.71. The minimum atomic E-state index is -3.36. The summed E-state index contributed by atoms with van der Waals surface area (Å²) in [6.45, 7) is 0.140. The van der Waals surface area contributed by atoms with Gasteiger partial charge in [-0.05, 0) is 0 Å². The van der Waals surface area contributed by atoms with Crippen molar-refractivity contribution in [3.8, 4) is 0 Å². The molecule has 0 nitrogen and oxygen atoms in total. The van der Waals surface area contributed by atoms with E-state index in [1.165, 1.54) is 6.92 Å². The van der Waals surface area contributed by atoms with Crippen LogP contribution in [0.4, 0.5) is 17.6 Å². The van der Waals surface area contributed by atoms with Gasteiger partial charge in [-0.1, -0.05) is 6.92 Å². The minimum Gasteiger partial charge on any atom is -0.251 e. The average molecular weight is 158 g/mol. The second-order valence-electron chi connectivity index (χ2n) is 2.06. The predicted molar refractivity (Wildman–Crippen MR) is 30.7 cm³/mol. The monoisotopic (exact) mass is 158 g/mol. The van der Waals surface area contributed by atoms with Gasteiger partial charge in [-0.25, -0.2) is 13.2 Å². The van der Waals surface area contributed by atoms with Crippen molar-refractivity contribution in [2.24, 2.45) is 0 Å². The lowest BCUT2D eigenvalue weighted by Gasteiger charge is -2.17. The van der Waals surface area contributed by atoms with Crippen LogP contribution >= 0.6 is 0 Å². The van der Waals surface area contributed by atoms with Gasteiger partial charge in [0.05, 0.1) is 6.67 Å². The highest BCUT2D eigenvalue weighted by Gasteiger charge is 2.37. The molecular weight excluding hydrogens is 148 g/mol. The SMILES string of the molecule is CCC(F)(F)[C@@H](F)CCF. The van der Waals surface area contributed by atoms with Crippen molar-refractivity contribution in [1.29, 1.82) is 0 Å². The summed E-state index contributed by atoms with van der Waals surface area (Å²) < 4.78 is 47.9. The first kappa shape index (κ1) is 9.72. The summed E-state index contributed by atoms with van der Waals surface area (Å²) in [6.07, 6.45) is -3.61. The fourth-order valence-corrected chi connectivity index (χ4v) is 0.528. The maximum atomic E-state index is 12.2. The quantitative estimate of drug-likeness (QED) is 0.552. The zero-order valence-corrected chi connectivity index (χ0v) is 5.71. The van der Waals surface area contributed by atoms with E-state index in [0.29, 0.717) is 0 Å². The van der Waals surface area contributed by atoms with E-state index < -0.39 is 31.6 Å². The molecule has 0 bridgehead atoms. The van der Waals surface area contributed by atoms with Gasteiger partial charge < -0.3 is 0 Å². The molecule has 0 aliphatic carbocycles. The Kier molecular flexibility index (Phi) is 3.68. The molecule has 0 aromatic carbocycles. The molecule has 0 saturated heterocycles. The Morgan fingerprint density at radius 3 is 2.20 bits per heavy atom. The number of rotatable bonds is 4. The molecule has 0 N–H and O–H groups in total. The van der Waals surface area contributed by atoms with Crippen molar-refractivity contribution in [2.75, 3.05) is 6.67 Å². The third-order valence-electron chi connectivity index (χ3n) is 1.29. The molecule has 1 atom stereocenters. The molecule has 0 spiro atoms. The van der Waals surface area contributed by atoms with Gasteiger partial charge in [-0.15, -0.1) is 0 Å². The molecule has 10 heavy (non-hydrogen) atoms. The fraction of sp³-hybridized carbons (Fsp3) is 1.00. The zero-order chi connectivity index (χ0) is 8.20. The highest BCUT2D eigenvalue weighted by molar-refractivity contribution is 4.74. The maximum Gasteiger partial charge on any atom is 0.278 e. The van der Waals surface area contributed by atoms with Gasteiger partial charge in [-0.2, -0.15) is 0 Å². The van der Waals surface area contributed by atoms with E-state index in [2.05, 4.69) is 0 Å². The van der Waals surface area contributed by atoms with Crippen LogP contribution in [0.15, 0.2) is 0 Å². The molecule has 0 rings (SSSR count). The van der Waals surface area contributed by atoms with Gasteiger partial charge in [0.2, 0.25) is 0 Å². The molecule has 0 saturated carbocycles. The molecule has 0 aromatic rings. The lowest BCUT2D eigenvalue weighted by molar-refractivity contribution is -0.0787. The third-order valence-corrected chi connectivity index (χ3v) is 1.29. The van der Waals surface area contributed by atoms with E-state index in [1.807, 2.05) is 0 Å². The van der Waals surface area contributed by atoms with Crippen LogP contribution in [-0.2, 0) is 0 Å². The van der Waals surface area contributed by atoms with Crippen LogP contribution in [0.2, 0.25) is 0 Å². The average Bonchev–Trinajstić information content (AvgIpc) is 1.89. The van der Waals surface area contributed by atoms with Gasteiger partial charge in [-0.3, -0.25) is 4.39 Å². The summed E-state index contributed by atoms with van der Waals surface area (Å²) in [5.41, 5.74) is 0. The summed E-state index contributed by atoms with van der Waals surface area (Å²) in [5.74, 6) is -3.36. The molecule has 4 heteroatoms. The number of halogens is 4. The van der Waals surface area contributed by atoms with E-state index in [-0.39, 0.29) is 0 Å². The summed E-state index contributed by atoms with van der Waals surface area (Å²) >= 11 is 0. The second-order valence-corrected chi connectivity index (χ2v) is 2.06. The number of hydrogen-bond acceptors (Lipinski definition) is 0. The van der Waals surface area contributed by atoms with Crippen LogP contribution in [0.25, 0.3) is 0 Å². The lowest BCUT2D eigenvalue weighted by atomic mass is 10.1. The standard InChI is InChI=1S/C6H10F4/c1-2-6(9,10)5(8)3-4-7/h5H,2-4H2,1H3/t5-/m0/s1. The van der Waals surface area contributed by atoms with E-state index in [4.69, 9.17) is 0 Å². The molecule has 0 fully saturated rings. The highest BCUT2D eigenvalue weighted by Crippen LogP contribution is 2.27. The molecular formula is C6H10F4. The van der Waals surface area contributed by atoms with E-state index in [0.717, 1.165) is 0 Å². The Labute approximate surface area is 57.2 Å². The van der Waals surface area contributed by atoms with Gasteiger partial charge in [0.15, 0.2) is 6.17 Å². The molecule has 62 valence electrons. The molecule has 0 radical (unpaired) electrons. The Balaban J connectivity index is 3.78. The van der Waals surface area contributed by atoms with Gasteiger partial charge in [0.25, 0.3) is 5.92 Å². The maximum absolute atomic E-state index is 12.2. The third kappa shape index (κ3) is 2.54. The van der Waals surface area contributed by atoms with E-state index >= 15 is 0 Å². The normalized spacial score (nSPS) is 15.3. The molecule has 0 aliphatic rings. The van der Waals surface area contributed by atoms with Crippen LogP contribution in [0.5, 0.6) is 0 Å². The fourth-order valence-electron chi connectivity index (χ4n) is 0.528. The Morgan fingerprint density at radius 2 is 1.90 bits per heavy atom. The Bertz CT molecular complexity index is 91.7. The summed E-state index contributed by atoms with van der Waals surface area (Å²) in [6, 6.07) is 0. The van der Waals surface area contributed by atoms with E-state index in [1.54, 1.807) is 0 Å². The van der Waals surface area contributed by atoms with Crippen LogP contribution in [0.1, 0.15) is 19.8 Å². The highest BCUT2D eigenvalue weighted by atomic mass is 19.3. The van der Waals surface area contributed by atoms with Gasteiger partial charge in [0, 0.05) is 12.8 Å². The van der Waals surface area contributed by atoms with Crippen molar-refractivity contribution >= 4 is 0 Å². The van der Waals surface area contributed by atoms with E-state index in [9.17, 15) is 17.6 Å². The summed E-state index contributed by atoms with van der Waals surface area (Å²) in [5, 5.41) is 0. The van der Waals surface area contributed by atoms with Crippen molar-refractivity contribution < 1.29 is 17.6 Å². The van der Waals surface area contributed by atoms with Crippen LogP contribution in [0, 0.1) is 0 Å². The molecule has 0 aromatic heterocycles. The lowest BCUT2D eigenvalue weighted by Crippen LogP contribution is -2.29. The minimum absolute atomic E-state index is 0.575. The largest absolute Gasteiger partial charge is 0.278 e. The predicted octanol–water partition coefficient (Wildman–Crippen LogP) is 2.73. The summed E-state index contributed by atoms with van der Waals surface area (Å²) in [7, 11) is 0. The molecule has 0 heterocycles. The van der Waals surface area contributed by atoms with Crippen molar-refractivity contribution in [1.82, 2.24) is 0 Å². The van der Waals surface area contributed by atoms with Crippen LogP contribution in [0.3, 0.4) is 0 Å². The first-order valence-corrected chi connectivity index (χ1v) is 3.12. The first-order chi connectivity index (χ1) is 4.54. The summed E-state index contributed by atoms with van der Waals surface area (Å²) in [4.78, 5) is 0. The Hall–Kier alpha value is -0.280. The second kappa shape index (κ2) is 3.78. The van der Waals surface area contributed by atoms with Crippen molar-refractivity contribution in [3.63, 3.8) is 0 Å². The topological polar surface area (TPSA) is 0 Å². The molecule has 0 aliphatic heterocycles. The van der Waals surface area contributed by atoms with Gasteiger partial charge >= 0.3 is 0 Å². The van der Waals surface area contributed by atoms with Crippen LogP contribution in [-0.4, -0.2) is 18.8 Å². The molecule has 0 amide bonds. The number of alkyl halides is 4. The van der Waals surface area contributed by atoms with Crippen LogP contribution < -0.4 is 0 Å². The van der Waals surface area contributed by atoms with Crippen molar-refractivity contribution in [2.45, 2.75) is 31.9 Å². The first-order valence-electron chi connectivity index (χ1n) is 3.12. The van der Waals surface area contributed by atoms with Crippen molar-refractivity contribution in [3.05, 3.63) is 0 Å².